The maximum atomic E-state index is 5.10. The second-order valence-electron chi connectivity index (χ2n) is 4.29. The lowest BCUT2D eigenvalue weighted by molar-refractivity contribution is 0.180. The number of hydrogen-bond acceptors (Lipinski definition) is 4. The Kier molecular flexibility index (Phi) is 6.00. The maximum Gasteiger partial charge on any atom is 0.203 e. The van der Waals surface area contributed by atoms with Gasteiger partial charge in [0, 0.05) is 45.3 Å². The van der Waals surface area contributed by atoms with Gasteiger partial charge in [-0.1, -0.05) is 0 Å². The lowest BCUT2D eigenvalue weighted by Crippen LogP contribution is -2.24. The molecular formula is C12H23N3O2. The Hall–Kier alpha value is -1.07. The molecule has 0 aromatic carbocycles. The van der Waals surface area contributed by atoms with Crippen LogP contribution in [-0.2, 0) is 9.47 Å². The van der Waals surface area contributed by atoms with Crippen molar-refractivity contribution in [2.24, 2.45) is 0 Å². The molecule has 5 heteroatoms. The van der Waals surface area contributed by atoms with E-state index < -0.39 is 0 Å². The Balaban J connectivity index is 2.58. The number of rotatable bonds is 8. The van der Waals surface area contributed by atoms with Crippen LogP contribution in [0.25, 0.3) is 0 Å². The zero-order chi connectivity index (χ0) is 12.7. The molecule has 0 spiro atoms. The molecule has 98 valence electrons. The van der Waals surface area contributed by atoms with Crippen molar-refractivity contribution in [3.8, 4) is 0 Å². The average molecular weight is 241 g/mol. The van der Waals surface area contributed by atoms with Gasteiger partial charge < -0.3 is 19.4 Å². The van der Waals surface area contributed by atoms with Crippen molar-refractivity contribution in [1.29, 1.82) is 0 Å². The van der Waals surface area contributed by atoms with Gasteiger partial charge in [-0.2, -0.15) is 0 Å². The highest BCUT2D eigenvalue weighted by Crippen LogP contribution is 2.17. The van der Waals surface area contributed by atoms with E-state index in [0.717, 1.165) is 19.0 Å². The minimum atomic E-state index is 0.246. The molecular weight excluding hydrogens is 218 g/mol. The van der Waals surface area contributed by atoms with E-state index in [-0.39, 0.29) is 6.04 Å². The third kappa shape index (κ3) is 4.36. The normalized spacial score (nSPS) is 14.6. The predicted octanol–water partition coefficient (Wildman–Crippen LogP) is 1.93. The molecule has 2 unspecified atom stereocenters. The zero-order valence-corrected chi connectivity index (χ0v) is 11.1. The molecule has 0 aliphatic carbocycles. The number of anilines is 1. The number of hydrogen-bond donors (Lipinski definition) is 1. The molecule has 1 aromatic heterocycles. The van der Waals surface area contributed by atoms with Crippen LogP contribution in [0.3, 0.4) is 0 Å². The van der Waals surface area contributed by atoms with Crippen molar-refractivity contribution < 1.29 is 9.47 Å². The van der Waals surface area contributed by atoms with E-state index >= 15 is 0 Å². The fraction of sp³-hybridized carbons (Fsp3) is 0.750. The van der Waals surface area contributed by atoms with Gasteiger partial charge in [-0.25, -0.2) is 4.98 Å². The van der Waals surface area contributed by atoms with Crippen LogP contribution in [0.5, 0.6) is 0 Å². The van der Waals surface area contributed by atoms with Crippen molar-refractivity contribution in [1.82, 2.24) is 9.55 Å². The van der Waals surface area contributed by atoms with Crippen molar-refractivity contribution in [2.45, 2.75) is 32.4 Å². The first-order valence-corrected chi connectivity index (χ1v) is 5.96. The Morgan fingerprint density at radius 3 is 2.76 bits per heavy atom. The molecule has 0 bridgehead atoms. The summed E-state index contributed by atoms with van der Waals surface area (Å²) in [5, 5.41) is 3.33. The fourth-order valence-electron chi connectivity index (χ4n) is 1.72. The summed E-state index contributed by atoms with van der Waals surface area (Å²) in [6.45, 7) is 5.65. The van der Waals surface area contributed by atoms with Gasteiger partial charge in [0.05, 0.1) is 6.61 Å². The molecule has 0 amide bonds. The summed E-state index contributed by atoms with van der Waals surface area (Å²) in [5.41, 5.74) is 0. The second kappa shape index (κ2) is 7.29. The van der Waals surface area contributed by atoms with E-state index in [9.17, 15) is 0 Å². The molecule has 0 saturated carbocycles. The Morgan fingerprint density at radius 2 is 2.12 bits per heavy atom. The Bertz CT molecular complexity index is 314. The lowest BCUT2D eigenvalue weighted by Gasteiger charge is -2.19. The first-order valence-electron chi connectivity index (χ1n) is 5.96. The summed E-state index contributed by atoms with van der Waals surface area (Å²) >= 11 is 0. The Labute approximate surface area is 103 Å². The van der Waals surface area contributed by atoms with Crippen LogP contribution in [-0.4, -0.2) is 43.0 Å². The summed E-state index contributed by atoms with van der Waals surface area (Å²) in [6, 6.07) is 0.616. The molecule has 0 fully saturated rings. The van der Waals surface area contributed by atoms with E-state index in [0.29, 0.717) is 12.6 Å². The molecule has 0 radical (unpaired) electrons. The van der Waals surface area contributed by atoms with Gasteiger partial charge in [0.1, 0.15) is 0 Å². The number of nitrogens with one attached hydrogen (secondary N) is 1. The van der Waals surface area contributed by atoms with Gasteiger partial charge in [-0.05, 0) is 20.3 Å². The van der Waals surface area contributed by atoms with Gasteiger partial charge >= 0.3 is 0 Å². The van der Waals surface area contributed by atoms with Crippen LogP contribution in [0.4, 0.5) is 5.95 Å². The number of methoxy groups -OCH3 is 2. The summed E-state index contributed by atoms with van der Waals surface area (Å²) in [7, 11) is 3.42. The van der Waals surface area contributed by atoms with Crippen molar-refractivity contribution in [2.75, 3.05) is 32.8 Å². The number of nitrogens with zero attached hydrogens (tertiary/aromatic N) is 2. The third-order valence-corrected chi connectivity index (χ3v) is 2.68. The first-order chi connectivity index (χ1) is 8.19. The largest absolute Gasteiger partial charge is 0.385 e. The van der Waals surface area contributed by atoms with Gasteiger partial charge in [-0.3, -0.25) is 0 Å². The quantitative estimate of drug-likeness (QED) is 0.755. The molecule has 0 aliphatic heterocycles. The number of imidazole rings is 1. The maximum absolute atomic E-state index is 5.10. The minimum Gasteiger partial charge on any atom is -0.385 e. The Morgan fingerprint density at radius 1 is 1.35 bits per heavy atom. The van der Waals surface area contributed by atoms with E-state index in [4.69, 9.17) is 9.47 Å². The number of ether oxygens (including phenoxy) is 2. The highest BCUT2D eigenvalue weighted by molar-refractivity contribution is 5.28. The summed E-state index contributed by atoms with van der Waals surface area (Å²) < 4.78 is 12.3. The third-order valence-electron chi connectivity index (χ3n) is 2.68. The van der Waals surface area contributed by atoms with Crippen LogP contribution < -0.4 is 5.32 Å². The first kappa shape index (κ1) is 14.0. The molecule has 17 heavy (non-hydrogen) atoms. The average Bonchev–Trinajstić information content (AvgIpc) is 2.74. The molecule has 2 atom stereocenters. The van der Waals surface area contributed by atoms with Gasteiger partial charge in [0.2, 0.25) is 5.95 Å². The van der Waals surface area contributed by atoms with Gasteiger partial charge in [0.15, 0.2) is 0 Å². The topological polar surface area (TPSA) is 48.3 Å². The standard InChI is InChI=1S/C12H23N3O2/c1-10(9-17-4)14-12-13-6-7-15(12)11(2)5-8-16-3/h6-7,10-11H,5,8-9H2,1-4H3,(H,13,14). The van der Waals surface area contributed by atoms with Crippen LogP contribution in [0.1, 0.15) is 26.3 Å². The molecule has 0 saturated heterocycles. The monoisotopic (exact) mass is 241 g/mol. The van der Waals surface area contributed by atoms with Gasteiger partial charge in [-0.15, -0.1) is 0 Å². The van der Waals surface area contributed by atoms with Crippen molar-refractivity contribution in [3.63, 3.8) is 0 Å². The molecule has 1 heterocycles. The predicted molar refractivity (Wildman–Crippen MR) is 68.4 cm³/mol. The van der Waals surface area contributed by atoms with Crippen molar-refractivity contribution >= 4 is 5.95 Å². The summed E-state index contributed by atoms with van der Waals surface area (Å²) in [4.78, 5) is 4.32. The molecule has 1 N–H and O–H groups in total. The summed E-state index contributed by atoms with van der Waals surface area (Å²) in [5.74, 6) is 0.887. The summed E-state index contributed by atoms with van der Waals surface area (Å²) in [6.07, 6.45) is 4.77. The van der Waals surface area contributed by atoms with Crippen LogP contribution in [0.15, 0.2) is 12.4 Å². The highest BCUT2D eigenvalue weighted by Gasteiger charge is 2.11. The van der Waals surface area contributed by atoms with Crippen molar-refractivity contribution in [3.05, 3.63) is 12.4 Å². The lowest BCUT2D eigenvalue weighted by atomic mass is 10.2. The van der Waals surface area contributed by atoms with E-state index in [1.54, 1.807) is 14.2 Å². The fourth-order valence-corrected chi connectivity index (χ4v) is 1.72. The SMILES string of the molecule is COCCC(C)n1ccnc1NC(C)COC. The molecule has 5 nitrogen and oxygen atoms in total. The molecule has 1 rings (SSSR count). The smallest absolute Gasteiger partial charge is 0.203 e. The van der Waals surface area contributed by atoms with E-state index in [2.05, 4.69) is 28.7 Å². The van der Waals surface area contributed by atoms with Gasteiger partial charge in [0.25, 0.3) is 0 Å². The molecule has 0 aliphatic rings. The zero-order valence-electron chi connectivity index (χ0n) is 11.1. The van der Waals surface area contributed by atoms with Crippen LogP contribution in [0.2, 0.25) is 0 Å². The second-order valence-corrected chi connectivity index (χ2v) is 4.29. The van der Waals surface area contributed by atoms with E-state index in [1.807, 2.05) is 12.4 Å². The van der Waals surface area contributed by atoms with Crippen LogP contribution in [0, 0.1) is 0 Å². The minimum absolute atomic E-state index is 0.246. The van der Waals surface area contributed by atoms with E-state index in [1.165, 1.54) is 0 Å². The van der Waals surface area contributed by atoms with Crippen LogP contribution >= 0.6 is 0 Å². The molecule has 1 aromatic rings. The number of aromatic nitrogens is 2. The highest BCUT2D eigenvalue weighted by atomic mass is 16.5.